The number of rotatable bonds is 2. The molecular formula is C11H10Cl2N2. The van der Waals surface area contributed by atoms with Crippen LogP contribution in [0.25, 0.3) is 6.08 Å². The number of nitrogens with zero attached hydrogens (tertiary/aromatic N) is 1. The lowest BCUT2D eigenvalue weighted by Crippen LogP contribution is -1.91. The number of nitrogens with one attached hydrogen (secondary N) is 1. The molecule has 0 aromatic carbocycles. The van der Waals surface area contributed by atoms with Gasteiger partial charge in [0.15, 0.2) is 0 Å². The van der Waals surface area contributed by atoms with E-state index in [0.717, 1.165) is 34.2 Å². The largest absolute Gasteiger partial charge is 0.278 e. The maximum Gasteiger partial charge on any atom is 0.0578 e. The van der Waals surface area contributed by atoms with Gasteiger partial charge in [0.2, 0.25) is 0 Å². The van der Waals surface area contributed by atoms with Crippen LogP contribution in [0.15, 0.2) is 40.1 Å². The molecule has 15 heavy (non-hydrogen) atoms. The van der Waals surface area contributed by atoms with E-state index >= 15 is 0 Å². The number of allylic oxidation sites excluding steroid dienone is 5. The van der Waals surface area contributed by atoms with Crippen LogP contribution >= 0.6 is 23.2 Å². The molecule has 2 rings (SSSR count). The molecule has 1 aromatic rings. The SMILES string of the molecule is ClC1=CCCC(Cl)=C1/C=C/c1ccn[nH]1. The number of halogens is 2. The molecule has 0 spiro atoms. The second-order valence-electron chi connectivity index (χ2n) is 3.25. The molecule has 0 unspecified atom stereocenters. The fraction of sp³-hybridized carbons (Fsp3) is 0.182. The van der Waals surface area contributed by atoms with E-state index in [9.17, 15) is 0 Å². The van der Waals surface area contributed by atoms with E-state index < -0.39 is 0 Å². The molecule has 78 valence electrons. The standard InChI is InChI=1S/C11H10Cl2N2/c12-10-2-1-3-11(13)9(10)5-4-8-6-7-14-15-8/h2,4-7H,1,3H2,(H,14,15)/b5-4+. The van der Waals surface area contributed by atoms with Crippen molar-refractivity contribution >= 4 is 29.3 Å². The Balaban J connectivity index is 2.21. The van der Waals surface area contributed by atoms with Crippen LogP contribution in [-0.2, 0) is 0 Å². The Morgan fingerprint density at radius 3 is 2.87 bits per heavy atom. The van der Waals surface area contributed by atoms with Gasteiger partial charge in [-0.05, 0) is 25.0 Å². The average Bonchev–Trinajstić information content (AvgIpc) is 2.70. The topological polar surface area (TPSA) is 28.7 Å². The number of aromatic nitrogens is 2. The lowest BCUT2D eigenvalue weighted by Gasteiger charge is -2.10. The molecule has 1 aromatic heterocycles. The molecule has 1 N–H and O–H groups in total. The summed E-state index contributed by atoms with van der Waals surface area (Å²) in [5.74, 6) is 0. The van der Waals surface area contributed by atoms with Crippen molar-refractivity contribution in [2.24, 2.45) is 0 Å². The van der Waals surface area contributed by atoms with Crippen LogP contribution in [0.2, 0.25) is 0 Å². The van der Waals surface area contributed by atoms with Crippen molar-refractivity contribution in [2.45, 2.75) is 12.8 Å². The first-order valence-electron chi connectivity index (χ1n) is 4.69. The molecule has 0 saturated carbocycles. The molecule has 0 saturated heterocycles. The highest BCUT2D eigenvalue weighted by atomic mass is 35.5. The number of aromatic amines is 1. The maximum atomic E-state index is 6.09. The zero-order valence-corrected chi connectivity index (χ0v) is 9.52. The third-order valence-corrected chi connectivity index (χ3v) is 2.94. The molecule has 0 radical (unpaired) electrons. The predicted octanol–water partition coefficient (Wildman–Crippen LogP) is 3.83. The molecule has 0 amide bonds. The Kier molecular flexibility index (Phi) is 3.29. The van der Waals surface area contributed by atoms with Crippen LogP contribution in [0.3, 0.4) is 0 Å². The third kappa shape index (κ3) is 2.52. The van der Waals surface area contributed by atoms with Crippen molar-refractivity contribution in [1.82, 2.24) is 10.2 Å². The summed E-state index contributed by atoms with van der Waals surface area (Å²) in [6.45, 7) is 0. The van der Waals surface area contributed by atoms with Crippen molar-refractivity contribution < 1.29 is 0 Å². The first-order valence-corrected chi connectivity index (χ1v) is 5.45. The van der Waals surface area contributed by atoms with Crippen LogP contribution in [-0.4, -0.2) is 10.2 Å². The average molecular weight is 241 g/mol. The smallest absolute Gasteiger partial charge is 0.0578 e. The zero-order chi connectivity index (χ0) is 10.7. The van der Waals surface area contributed by atoms with E-state index in [2.05, 4.69) is 10.2 Å². The van der Waals surface area contributed by atoms with Crippen molar-refractivity contribution in [3.63, 3.8) is 0 Å². The Bertz CT molecular complexity index is 427. The summed E-state index contributed by atoms with van der Waals surface area (Å²) in [5, 5.41) is 8.23. The van der Waals surface area contributed by atoms with Crippen molar-refractivity contribution in [3.8, 4) is 0 Å². The molecule has 1 heterocycles. The van der Waals surface area contributed by atoms with E-state index in [4.69, 9.17) is 23.2 Å². The van der Waals surface area contributed by atoms with Gasteiger partial charge in [-0.3, -0.25) is 5.10 Å². The van der Waals surface area contributed by atoms with Crippen LogP contribution in [0.1, 0.15) is 18.5 Å². The summed E-state index contributed by atoms with van der Waals surface area (Å²) in [6, 6.07) is 1.88. The Labute approximate surface area is 98.3 Å². The van der Waals surface area contributed by atoms with Crippen molar-refractivity contribution in [1.29, 1.82) is 0 Å². The van der Waals surface area contributed by atoms with Crippen LogP contribution < -0.4 is 0 Å². The number of hydrogen-bond acceptors (Lipinski definition) is 1. The molecule has 0 fully saturated rings. The first-order chi connectivity index (χ1) is 7.27. The minimum atomic E-state index is 0.724. The van der Waals surface area contributed by atoms with Gasteiger partial charge in [-0.1, -0.05) is 35.4 Å². The predicted molar refractivity (Wildman–Crippen MR) is 63.7 cm³/mol. The van der Waals surface area contributed by atoms with E-state index in [1.54, 1.807) is 6.20 Å². The molecule has 0 atom stereocenters. The molecular weight excluding hydrogens is 231 g/mol. The number of H-pyrrole nitrogens is 1. The molecule has 1 aliphatic carbocycles. The van der Waals surface area contributed by atoms with Crippen LogP contribution in [0.4, 0.5) is 0 Å². The first kappa shape index (κ1) is 10.5. The van der Waals surface area contributed by atoms with E-state index in [-0.39, 0.29) is 0 Å². The second kappa shape index (κ2) is 4.69. The molecule has 4 heteroatoms. The van der Waals surface area contributed by atoms with Crippen LogP contribution in [0.5, 0.6) is 0 Å². The summed E-state index contributed by atoms with van der Waals surface area (Å²) in [7, 11) is 0. The Hall–Kier alpha value is -0.990. The Morgan fingerprint density at radius 2 is 2.20 bits per heavy atom. The van der Waals surface area contributed by atoms with E-state index in [1.807, 2.05) is 24.3 Å². The van der Waals surface area contributed by atoms with Gasteiger partial charge < -0.3 is 0 Å². The van der Waals surface area contributed by atoms with Crippen LogP contribution in [0, 0.1) is 0 Å². The molecule has 0 bridgehead atoms. The highest BCUT2D eigenvalue weighted by Crippen LogP contribution is 2.31. The van der Waals surface area contributed by atoms with Gasteiger partial charge in [0.05, 0.1) is 5.69 Å². The monoisotopic (exact) mass is 240 g/mol. The minimum Gasteiger partial charge on any atom is -0.278 e. The van der Waals surface area contributed by atoms with Gasteiger partial charge in [0.25, 0.3) is 0 Å². The van der Waals surface area contributed by atoms with Gasteiger partial charge >= 0.3 is 0 Å². The Morgan fingerprint density at radius 1 is 1.33 bits per heavy atom. The van der Waals surface area contributed by atoms with Gasteiger partial charge in [0, 0.05) is 21.8 Å². The van der Waals surface area contributed by atoms with Gasteiger partial charge in [-0.2, -0.15) is 5.10 Å². The summed E-state index contributed by atoms with van der Waals surface area (Å²) >= 11 is 12.2. The molecule has 0 aliphatic heterocycles. The fourth-order valence-corrected chi connectivity index (χ4v) is 2.01. The lowest BCUT2D eigenvalue weighted by atomic mass is 10.1. The fourth-order valence-electron chi connectivity index (χ4n) is 1.40. The zero-order valence-electron chi connectivity index (χ0n) is 8.00. The summed E-state index contributed by atoms with van der Waals surface area (Å²) in [5.41, 5.74) is 1.83. The molecule has 2 nitrogen and oxygen atoms in total. The van der Waals surface area contributed by atoms with Crippen molar-refractivity contribution in [3.05, 3.63) is 45.7 Å². The number of hydrogen-bond donors (Lipinski definition) is 1. The second-order valence-corrected chi connectivity index (χ2v) is 4.12. The summed E-state index contributed by atoms with van der Waals surface area (Å²) in [6.07, 6.45) is 9.29. The van der Waals surface area contributed by atoms with E-state index in [0.29, 0.717) is 0 Å². The maximum absolute atomic E-state index is 6.09. The highest BCUT2D eigenvalue weighted by Gasteiger charge is 2.10. The summed E-state index contributed by atoms with van der Waals surface area (Å²) < 4.78 is 0. The highest BCUT2D eigenvalue weighted by molar-refractivity contribution is 6.36. The van der Waals surface area contributed by atoms with E-state index in [1.165, 1.54) is 0 Å². The van der Waals surface area contributed by atoms with Crippen molar-refractivity contribution in [2.75, 3.05) is 0 Å². The molecule has 1 aliphatic rings. The minimum absolute atomic E-state index is 0.724. The summed E-state index contributed by atoms with van der Waals surface area (Å²) in [4.78, 5) is 0. The quantitative estimate of drug-likeness (QED) is 0.837. The van der Waals surface area contributed by atoms with Gasteiger partial charge in [-0.15, -0.1) is 0 Å². The van der Waals surface area contributed by atoms with Gasteiger partial charge in [0.1, 0.15) is 0 Å². The van der Waals surface area contributed by atoms with Gasteiger partial charge in [-0.25, -0.2) is 0 Å². The lowest BCUT2D eigenvalue weighted by molar-refractivity contribution is 1.000. The normalized spacial score (nSPS) is 17.3. The third-order valence-electron chi connectivity index (χ3n) is 2.19.